The Morgan fingerprint density at radius 2 is 1.97 bits per heavy atom. The molecule has 3 aromatic rings. The van der Waals surface area contributed by atoms with Gasteiger partial charge in [0.25, 0.3) is 0 Å². The van der Waals surface area contributed by atoms with E-state index in [2.05, 4.69) is 26.1 Å². The number of benzene rings is 1. The number of halogens is 2. The van der Waals surface area contributed by atoms with Gasteiger partial charge in [-0.3, -0.25) is 19.8 Å². The van der Waals surface area contributed by atoms with Gasteiger partial charge >= 0.3 is 0 Å². The maximum atomic E-state index is 14.9. The van der Waals surface area contributed by atoms with Crippen molar-refractivity contribution in [2.75, 3.05) is 12.1 Å². The van der Waals surface area contributed by atoms with Gasteiger partial charge in [0.05, 0.1) is 17.6 Å². The predicted octanol–water partition coefficient (Wildman–Crippen LogP) is 2.10. The Morgan fingerprint density at radius 1 is 1.19 bits per heavy atom. The summed E-state index contributed by atoms with van der Waals surface area (Å²) in [5.74, 6) is -0.654. The third-order valence-electron chi connectivity index (χ3n) is 4.96. The fourth-order valence-corrected chi connectivity index (χ4v) is 3.74. The number of allylic oxidation sites excluding steroid dienone is 1. The smallest absolute Gasteiger partial charge is 0.235 e. The van der Waals surface area contributed by atoms with Gasteiger partial charge in [-0.1, -0.05) is 17.7 Å². The Bertz CT molecular complexity index is 1360. The quantitative estimate of drug-likeness (QED) is 0.294. The van der Waals surface area contributed by atoms with E-state index in [1.807, 2.05) is 6.92 Å². The summed E-state index contributed by atoms with van der Waals surface area (Å²) in [6, 6.07) is 7.79. The van der Waals surface area contributed by atoms with E-state index in [4.69, 9.17) is 11.6 Å². The van der Waals surface area contributed by atoms with E-state index in [0.29, 0.717) is 16.4 Å². The predicted molar refractivity (Wildman–Crippen MR) is 106 cm³/mol. The van der Waals surface area contributed by atoms with Crippen molar-refractivity contribution in [3.05, 3.63) is 93.3 Å². The third kappa shape index (κ3) is 2.87. The van der Waals surface area contributed by atoms with Crippen LogP contribution in [0.2, 0.25) is 5.02 Å². The van der Waals surface area contributed by atoms with Crippen molar-refractivity contribution in [1.82, 2.24) is 9.99 Å². The Balaban J connectivity index is 0.00000231. The van der Waals surface area contributed by atoms with Gasteiger partial charge in [0, 0.05) is 23.6 Å². The first-order chi connectivity index (χ1) is 14.5. The largest absolute Gasteiger partial charge is 0.322 e. The Labute approximate surface area is 175 Å². The van der Waals surface area contributed by atoms with E-state index >= 15 is 0 Å². The van der Waals surface area contributed by atoms with Gasteiger partial charge in [0.1, 0.15) is 17.7 Å². The fourth-order valence-electron chi connectivity index (χ4n) is 3.58. The first kappa shape index (κ1) is 19.7. The average Bonchev–Trinajstić information content (AvgIpc) is 3.13. The summed E-state index contributed by atoms with van der Waals surface area (Å²) in [6.07, 6.45) is 6.02. The zero-order valence-electron chi connectivity index (χ0n) is 16.3. The van der Waals surface area contributed by atoms with Crippen LogP contribution in [0.1, 0.15) is 16.1 Å². The number of carbonyl (C=O) groups excluding carboxylic acids is 1. The number of pyridine rings is 2. The molecule has 0 saturated heterocycles. The van der Waals surface area contributed by atoms with Crippen LogP contribution in [0.5, 0.6) is 0 Å². The molecule has 0 spiro atoms. The summed E-state index contributed by atoms with van der Waals surface area (Å²) >= 11 is 5.95. The minimum atomic E-state index is -0.532. The number of Topliss-reactive ketones (excluding diaryl/α,β-unsaturated/α-hetero) is 1. The number of ketones is 1. The molecule has 0 unspecified atom stereocenters. The van der Waals surface area contributed by atoms with Crippen molar-refractivity contribution >= 4 is 28.8 Å². The van der Waals surface area contributed by atoms with Gasteiger partial charge in [0.2, 0.25) is 5.78 Å². The number of aryl methyl sites for hydroxylation is 1. The van der Waals surface area contributed by atoms with E-state index in [9.17, 15) is 9.18 Å². The molecule has 0 fully saturated rings. The number of nitrogens with one attached hydrogen (secondary N) is 1. The van der Waals surface area contributed by atoms with Crippen molar-refractivity contribution in [3.63, 3.8) is 0 Å². The fraction of sp³-hybridized carbons (Fsp3) is 0.0952. The number of likely N-dealkylation sites (N-methyl/N-ethyl adjacent to an activating group) is 1. The molecule has 0 saturated carbocycles. The van der Waals surface area contributed by atoms with Crippen LogP contribution in [0.4, 0.5) is 15.8 Å². The Morgan fingerprint density at radius 3 is 2.71 bits per heavy atom. The average molecular weight is 672 g/mol. The molecule has 0 radical (unpaired) electrons. The molecule has 0 bridgehead atoms. The number of hydrazine groups is 1. The van der Waals surface area contributed by atoms with Gasteiger partial charge in [-0.25, -0.2) is 14.4 Å². The van der Waals surface area contributed by atoms with Crippen LogP contribution in [0.15, 0.2) is 64.2 Å². The second kappa shape index (κ2) is 7.00. The number of hydrogen-bond acceptors (Lipinski definition) is 6. The van der Waals surface area contributed by atoms with Gasteiger partial charge in [-0.05, 0) is 42.1 Å². The number of rotatable bonds is 1. The minimum Gasteiger partial charge on any atom is -0.322 e. The number of H-pyrrole nitrogens is 1. The van der Waals surface area contributed by atoms with Crippen LogP contribution in [-0.4, -0.2) is 22.8 Å². The van der Waals surface area contributed by atoms with Crippen LogP contribution >= 0.6 is 11.6 Å². The number of aromatic nitrogens is 2. The van der Waals surface area contributed by atoms with E-state index in [-0.39, 0.29) is 33.7 Å². The first-order valence-electron chi connectivity index (χ1n) is 9.04. The maximum Gasteiger partial charge on any atom is 0.235 e. The van der Waals surface area contributed by atoms with Crippen molar-refractivity contribution in [2.45, 2.75) is 6.92 Å². The summed E-state index contributed by atoms with van der Waals surface area (Å²) in [7, 11) is 1.66. The van der Waals surface area contributed by atoms with E-state index in [0.717, 1.165) is 5.56 Å². The maximum absolute atomic E-state index is 14.9. The number of carbonyl (C=O) groups is 1. The van der Waals surface area contributed by atoms with Gasteiger partial charge in [-0.2, -0.15) is 0 Å². The molecule has 4 heterocycles. The second-order valence-electron chi connectivity index (χ2n) is 6.83. The van der Waals surface area contributed by atoms with E-state index < -0.39 is 5.82 Å². The zero-order valence-corrected chi connectivity index (χ0v) is 19.6. The zero-order chi connectivity index (χ0) is 21.0. The number of aromatic amines is 1. The minimum absolute atomic E-state index is 0. The number of fused-ring (bicyclic) bond motifs is 2. The molecule has 31 heavy (non-hydrogen) atoms. The van der Waals surface area contributed by atoms with Gasteiger partial charge < -0.3 is 4.98 Å². The molecule has 0 atom stereocenters. The topological polar surface area (TPSA) is 75.3 Å². The SMILES string of the molecule is Cc1ccnc2c1N(c1ccc(Cl)cc1F)N(C)/C(=C1/N=c3c[c-][nH+]cc3=N1)C2=O.[Cf]. The molecule has 158 valence electrons. The van der Waals surface area contributed by atoms with Gasteiger partial charge in [0.15, 0.2) is 11.5 Å². The molecule has 1 aromatic carbocycles. The van der Waals surface area contributed by atoms with Crippen molar-refractivity contribution < 1.29 is 14.2 Å². The van der Waals surface area contributed by atoms with Crippen LogP contribution in [0.25, 0.3) is 0 Å². The molecule has 2 aliphatic rings. The van der Waals surface area contributed by atoms with Gasteiger partial charge in [-0.15, -0.1) is 0 Å². The second-order valence-corrected chi connectivity index (χ2v) is 7.27. The monoisotopic (exact) mass is 669 g/mol. The Hall–Kier alpha value is -4.65. The summed E-state index contributed by atoms with van der Waals surface area (Å²) in [5.41, 5.74) is 1.87. The summed E-state index contributed by atoms with van der Waals surface area (Å²) in [5, 5.41) is 4.60. The molecule has 10 heteroatoms. The van der Waals surface area contributed by atoms with Crippen molar-refractivity contribution in [2.24, 2.45) is 9.98 Å². The van der Waals surface area contributed by atoms with Crippen molar-refractivity contribution in [1.29, 1.82) is 0 Å². The van der Waals surface area contributed by atoms with E-state index in [1.54, 1.807) is 53.7 Å². The summed E-state index contributed by atoms with van der Waals surface area (Å²) < 4.78 is 14.9. The normalized spacial score (nSPS) is 16.8. The van der Waals surface area contributed by atoms with E-state index in [1.165, 1.54) is 6.07 Å². The van der Waals surface area contributed by atoms with Crippen LogP contribution in [-0.2, 0) is 0 Å². The molecule has 5 rings (SSSR count). The summed E-state index contributed by atoms with van der Waals surface area (Å²) in [4.78, 5) is 29.4. The van der Waals surface area contributed by atoms with Crippen LogP contribution in [0.3, 0.4) is 0 Å². The number of hydrogen-bond donors (Lipinski definition) is 0. The number of nitrogens with zero attached hydrogens (tertiary/aromatic N) is 5. The molecule has 2 aromatic heterocycles. The van der Waals surface area contributed by atoms with Crippen LogP contribution < -0.4 is 20.7 Å². The molecule has 2 aliphatic heterocycles. The number of anilines is 2. The summed E-state index contributed by atoms with van der Waals surface area (Å²) in [6.45, 7) is 1.84. The molecule has 7 nitrogen and oxygen atoms in total. The molecule has 0 amide bonds. The molecular weight excluding hydrogens is 658 g/mol. The molecule has 1 N–H and O–H groups in total. The first-order valence-corrected chi connectivity index (χ1v) is 9.42. The standard InChI is InChI=1S/C21H14ClFN6O.Cf/c1-11-5-8-25-17-18(11)29(16-4-3-12(22)9-13(16)23)28(2)19(20(17)30)21-26-14-6-7-24-10-15(14)27-21;/h3-6,8-10,24H,1-2H3;/b21-19-;. The third-order valence-corrected chi connectivity index (χ3v) is 5.19. The molecular formula is C21H14CfClFN6O. The molecule has 0 aliphatic carbocycles. The Kier molecular flexibility index (Phi) is 4.44. The van der Waals surface area contributed by atoms with Crippen LogP contribution in [0, 0.1) is 18.9 Å². The van der Waals surface area contributed by atoms with Crippen molar-refractivity contribution in [3.8, 4) is 0 Å².